The number of amides is 3. The van der Waals surface area contributed by atoms with Crippen molar-refractivity contribution in [1.82, 2.24) is 20.9 Å². The molecule has 0 radical (unpaired) electrons. The van der Waals surface area contributed by atoms with E-state index in [0.717, 1.165) is 19.3 Å². The summed E-state index contributed by atoms with van der Waals surface area (Å²) in [6, 6.07) is 0.131. The lowest BCUT2D eigenvalue weighted by Crippen LogP contribution is -2.56. The molecule has 0 saturated heterocycles. The van der Waals surface area contributed by atoms with Crippen molar-refractivity contribution in [2.45, 2.75) is 64.6 Å². The van der Waals surface area contributed by atoms with Crippen molar-refractivity contribution in [1.29, 1.82) is 0 Å². The highest BCUT2D eigenvalue weighted by Gasteiger charge is 2.34. The Hall–Kier alpha value is -1.83. The van der Waals surface area contributed by atoms with Crippen molar-refractivity contribution in [2.75, 3.05) is 19.6 Å². The van der Waals surface area contributed by atoms with E-state index in [2.05, 4.69) is 16.0 Å². The Labute approximate surface area is 143 Å². The first-order chi connectivity index (χ1) is 11.3. The van der Waals surface area contributed by atoms with Gasteiger partial charge in [-0.25, -0.2) is 4.79 Å². The predicted octanol–water partition coefficient (Wildman–Crippen LogP) is 0.528. The first kappa shape index (κ1) is 20.2. The molecule has 0 aliphatic heterocycles. The SMILES string of the molecule is CCC(C)NC(=O)CCNC(=O)NC1CC(N(CC)CC(=O)O)C1. The van der Waals surface area contributed by atoms with Gasteiger partial charge in [0.1, 0.15) is 0 Å². The van der Waals surface area contributed by atoms with Crippen molar-refractivity contribution in [2.24, 2.45) is 0 Å². The van der Waals surface area contributed by atoms with Gasteiger partial charge in [-0.3, -0.25) is 14.5 Å². The fourth-order valence-corrected chi connectivity index (χ4v) is 2.65. The molecule has 0 aromatic heterocycles. The first-order valence-corrected chi connectivity index (χ1v) is 8.65. The van der Waals surface area contributed by atoms with Crippen molar-refractivity contribution < 1.29 is 19.5 Å². The van der Waals surface area contributed by atoms with Crippen LogP contribution in [-0.4, -0.2) is 65.7 Å². The van der Waals surface area contributed by atoms with E-state index >= 15 is 0 Å². The average Bonchev–Trinajstić information content (AvgIpc) is 2.48. The molecule has 8 nitrogen and oxygen atoms in total. The number of nitrogens with one attached hydrogen (secondary N) is 3. The second-order valence-corrected chi connectivity index (χ2v) is 6.31. The first-order valence-electron chi connectivity index (χ1n) is 8.65. The van der Waals surface area contributed by atoms with Gasteiger partial charge in [-0.2, -0.15) is 0 Å². The van der Waals surface area contributed by atoms with E-state index in [-0.39, 0.29) is 43.0 Å². The Morgan fingerprint density at radius 2 is 1.92 bits per heavy atom. The van der Waals surface area contributed by atoms with Crippen LogP contribution in [-0.2, 0) is 9.59 Å². The van der Waals surface area contributed by atoms with Crippen LogP contribution in [0.25, 0.3) is 0 Å². The van der Waals surface area contributed by atoms with Crippen LogP contribution in [0.5, 0.6) is 0 Å². The van der Waals surface area contributed by atoms with E-state index in [1.165, 1.54) is 0 Å². The van der Waals surface area contributed by atoms with Gasteiger partial charge >= 0.3 is 12.0 Å². The molecule has 0 aromatic carbocycles. The highest BCUT2D eigenvalue weighted by atomic mass is 16.4. The van der Waals surface area contributed by atoms with Crippen molar-refractivity contribution in [3.05, 3.63) is 0 Å². The number of carbonyl (C=O) groups excluding carboxylic acids is 2. The van der Waals surface area contributed by atoms with E-state index < -0.39 is 5.97 Å². The molecule has 138 valence electrons. The lowest BCUT2D eigenvalue weighted by molar-refractivity contribution is -0.139. The molecule has 1 atom stereocenters. The predicted molar refractivity (Wildman–Crippen MR) is 90.7 cm³/mol. The third kappa shape index (κ3) is 7.16. The van der Waals surface area contributed by atoms with Crippen LogP contribution in [0.1, 0.15) is 46.5 Å². The quantitative estimate of drug-likeness (QED) is 0.463. The van der Waals surface area contributed by atoms with E-state index in [0.29, 0.717) is 13.1 Å². The molecule has 24 heavy (non-hydrogen) atoms. The van der Waals surface area contributed by atoms with E-state index in [9.17, 15) is 14.4 Å². The van der Waals surface area contributed by atoms with E-state index in [4.69, 9.17) is 5.11 Å². The lowest BCUT2D eigenvalue weighted by Gasteiger charge is -2.42. The Bertz CT molecular complexity index is 438. The highest BCUT2D eigenvalue weighted by molar-refractivity contribution is 5.78. The van der Waals surface area contributed by atoms with Gasteiger partial charge in [0.15, 0.2) is 0 Å². The number of nitrogens with zero attached hydrogens (tertiary/aromatic N) is 1. The van der Waals surface area contributed by atoms with Crippen LogP contribution in [0.2, 0.25) is 0 Å². The largest absolute Gasteiger partial charge is 0.480 e. The maximum Gasteiger partial charge on any atom is 0.317 e. The fraction of sp³-hybridized carbons (Fsp3) is 0.812. The van der Waals surface area contributed by atoms with E-state index in [1.54, 1.807) is 0 Å². The molecule has 4 N–H and O–H groups in total. The van der Waals surface area contributed by atoms with Gasteiger partial charge < -0.3 is 21.1 Å². The summed E-state index contributed by atoms with van der Waals surface area (Å²) in [6.07, 6.45) is 2.64. The van der Waals surface area contributed by atoms with Gasteiger partial charge in [0.2, 0.25) is 5.91 Å². The summed E-state index contributed by atoms with van der Waals surface area (Å²) in [4.78, 5) is 36.0. The number of hydrogen-bond donors (Lipinski definition) is 4. The topological polar surface area (TPSA) is 111 Å². The minimum absolute atomic E-state index is 0.0331. The molecule has 1 aliphatic carbocycles. The maximum absolute atomic E-state index is 11.8. The lowest BCUT2D eigenvalue weighted by atomic mass is 9.85. The number of aliphatic carboxylic acids is 1. The molecular weight excluding hydrogens is 312 g/mol. The Morgan fingerprint density at radius 3 is 2.46 bits per heavy atom. The summed E-state index contributed by atoms with van der Waals surface area (Å²) in [7, 11) is 0. The zero-order valence-electron chi connectivity index (χ0n) is 14.8. The Kier molecular flexibility index (Phi) is 8.53. The van der Waals surface area contributed by atoms with Crippen LogP contribution < -0.4 is 16.0 Å². The van der Waals surface area contributed by atoms with E-state index in [1.807, 2.05) is 25.7 Å². The maximum atomic E-state index is 11.8. The molecule has 8 heteroatoms. The highest BCUT2D eigenvalue weighted by Crippen LogP contribution is 2.25. The zero-order valence-corrected chi connectivity index (χ0v) is 14.8. The van der Waals surface area contributed by atoms with Gasteiger partial charge in [-0.05, 0) is 32.7 Å². The number of rotatable bonds is 10. The monoisotopic (exact) mass is 342 g/mol. The molecule has 1 rings (SSSR count). The van der Waals surface area contributed by atoms with Crippen LogP contribution in [0.3, 0.4) is 0 Å². The number of urea groups is 1. The molecule has 0 bridgehead atoms. The standard InChI is InChI=1S/C16H30N4O4/c1-4-11(3)18-14(21)6-7-17-16(24)19-12-8-13(9-12)20(5-2)10-15(22)23/h11-13H,4-10H2,1-3H3,(H,18,21)(H,22,23)(H2,17,19,24). The third-order valence-corrected chi connectivity index (χ3v) is 4.37. The number of carboxylic acids is 1. The molecule has 1 aliphatic rings. The summed E-state index contributed by atoms with van der Waals surface area (Å²) in [5.74, 6) is -0.901. The fourth-order valence-electron chi connectivity index (χ4n) is 2.65. The summed E-state index contributed by atoms with van der Waals surface area (Å²) < 4.78 is 0. The second kappa shape index (κ2) is 10.1. The normalized spacial score (nSPS) is 20.8. The molecule has 0 spiro atoms. The second-order valence-electron chi connectivity index (χ2n) is 6.31. The Balaban J connectivity index is 2.15. The summed E-state index contributed by atoms with van der Waals surface area (Å²) >= 11 is 0. The zero-order chi connectivity index (χ0) is 18.1. The van der Waals surface area contributed by atoms with Gasteiger partial charge in [-0.15, -0.1) is 0 Å². The molecule has 3 amide bonds. The minimum Gasteiger partial charge on any atom is -0.480 e. The number of carboxylic acid groups (broad SMARTS) is 1. The van der Waals surface area contributed by atoms with Crippen LogP contribution in [0.4, 0.5) is 4.79 Å². The van der Waals surface area contributed by atoms with Gasteiger partial charge in [0.05, 0.1) is 6.54 Å². The molecule has 0 heterocycles. The van der Waals surface area contributed by atoms with Crippen LogP contribution in [0, 0.1) is 0 Å². The molecular formula is C16H30N4O4. The van der Waals surface area contributed by atoms with Crippen molar-refractivity contribution in [3.63, 3.8) is 0 Å². The van der Waals surface area contributed by atoms with Crippen molar-refractivity contribution >= 4 is 17.9 Å². The number of hydrogen-bond acceptors (Lipinski definition) is 4. The smallest absolute Gasteiger partial charge is 0.317 e. The van der Waals surface area contributed by atoms with Crippen molar-refractivity contribution in [3.8, 4) is 0 Å². The summed E-state index contributed by atoms with van der Waals surface area (Å²) in [6.45, 7) is 6.88. The van der Waals surface area contributed by atoms with Crippen LogP contribution in [0.15, 0.2) is 0 Å². The Morgan fingerprint density at radius 1 is 1.25 bits per heavy atom. The number of likely N-dealkylation sites (N-methyl/N-ethyl adjacent to an activating group) is 1. The molecule has 1 fully saturated rings. The average molecular weight is 342 g/mol. The third-order valence-electron chi connectivity index (χ3n) is 4.37. The molecule has 1 saturated carbocycles. The van der Waals surface area contributed by atoms with Gasteiger partial charge in [0, 0.05) is 31.1 Å². The molecule has 0 aromatic rings. The minimum atomic E-state index is -0.832. The summed E-state index contributed by atoms with van der Waals surface area (Å²) in [5, 5.41) is 17.2. The van der Waals surface area contributed by atoms with Gasteiger partial charge in [0.25, 0.3) is 0 Å². The van der Waals surface area contributed by atoms with Crippen LogP contribution >= 0.6 is 0 Å². The molecule has 1 unspecified atom stereocenters. The van der Waals surface area contributed by atoms with Gasteiger partial charge in [-0.1, -0.05) is 13.8 Å². The number of carbonyl (C=O) groups is 3. The summed E-state index contributed by atoms with van der Waals surface area (Å²) in [5.41, 5.74) is 0.